The number of likely N-dealkylation sites (N-methyl/N-ethyl adjacent to an activating group) is 2. The van der Waals surface area contributed by atoms with Gasteiger partial charge in [-0.05, 0) is 19.1 Å². The molecular weight excluding hydrogens is 192 g/mol. The summed E-state index contributed by atoms with van der Waals surface area (Å²) < 4.78 is 0. The summed E-state index contributed by atoms with van der Waals surface area (Å²) in [7, 11) is 1.80. The summed E-state index contributed by atoms with van der Waals surface area (Å²) in [6.07, 6.45) is 0. The van der Waals surface area contributed by atoms with Crippen LogP contribution in [0.5, 0.6) is 0 Å². The van der Waals surface area contributed by atoms with Crippen LogP contribution in [0, 0.1) is 0 Å². The molecule has 1 rings (SSSR count). The number of pyridine rings is 1. The Balaban J connectivity index is 2.60. The molecule has 0 fully saturated rings. The molecule has 0 radical (unpaired) electrons. The van der Waals surface area contributed by atoms with Gasteiger partial charge in [-0.15, -0.1) is 0 Å². The number of nitrogens with two attached hydrogens (primary N) is 1. The molecule has 5 heteroatoms. The zero-order chi connectivity index (χ0) is 11.3. The Hall–Kier alpha value is -1.78. The number of carbonyl (C=O) groups is 1. The molecule has 0 aliphatic carbocycles. The van der Waals surface area contributed by atoms with Crippen molar-refractivity contribution in [1.82, 2.24) is 10.3 Å². The molecule has 0 bridgehead atoms. The van der Waals surface area contributed by atoms with Crippen LogP contribution in [-0.2, 0) is 4.79 Å². The van der Waals surface area contributed by atoms with Gasteiger partial charge in [0.15, 0.2) is 0 Å². The van der Waals surface area contributed by atoms with Crippen LogP contribution >= 0.6 is 0 Å². The predicted molar refractivity (Wildman–Crippen MR) is 60.6 cm³/mol. The number of hydrogen-bond acceptors (Lipinski definition) is 4. The second-order valence-electron chi connectivity index (χ2n) is 3.23. The maximum absolute atomic E-state index is 11.3. The maximum Gasteiger partial charge on any atom is 0.239 e. The number of rotatable bonds is 4. The van der Waals surface area contributed by atoms with Crippen molar-refractivity contribution in [3.63, 3.8) is 0 Å². The summed E-state index contributed by atoms with van der Waals surface area (Å²) in [5.41, 5.74) is 5.55. The van der Waals surface area contributed by atoms with Crippen LogP contribution in [0.4, 0.5) is 11.6 Å². The predicted octanol–water partition coefficient (Wildman–Crippen LogP) is 0.236. The molecule has 0 unspecified atom stereocenters. The van der Waals surface area contributed by atoms with Gasteiger partial charge < -0.3 is 16.0 Å². The molecule has 0 saturated heterocycles. The summed E-state index contributed by atoms with van der Waals surface area (Å²) >= 11 is 0. The van der Waals surface area contributed by atoms with E-state index in [1.54, 1.807) is 18.0 Å². The molecule has 0 atom stereocenters. The lowest BCUT2D eigenvalue weighted by atomic mass is 10.4. The van der Waals surface area contributed by atoms with Gasteiger partial charge in [-0.1, -0.05) is 6.07 Å². The Kier molecular flexibility index (Phi) is 3.91. The molecule has 1 aromatic rings. The summed E-state index contributed by atoms with van der Waals surface area (Å²) in [6.45, 7) is 2.80. The number of nitrogen functional groups attached to an aromatic ring is 1. The molecule has 3 N–H and O–H groups in total. The SMILES string of the molecule is CCNC(=O)CN(C)c1cccc(N)n1. The van der Waals surface area contributed by atoms with Crippen LogP contribution in [0.1, 0.15) is 6.92 Å². The Morgan fingerprint density at radius 1 is 1.60 bits per heavy atom. The van der Waals surface area contributed by atoms with Crippen LogP contribution in [-0.4, -0.2) is 31.0 Å². The fraction of sp³-hybridized carbons (Fsp3) is 0.400. The van der Waals surface area contributed by atoms with Gasteiger partial charge in [-0.2, -0.15) is 0 Å². The molecule has 0 saturated carbocycles. The highest BCUT2D eigenvalue weighted by atomic mass is 16.2. The van der Waals surface area contributed by atoms with Gasteiger partial charge >= 0.3 is 0 Å². The van der Waals surface area contributed by atoms with E-state index in [-0.39, 0.29) is 12.5 Å². The molecule has 82 valence electrons. The van der Waals surface area contributed by atoms with E-state index >= 15 is 0 Å². The van der Waals surface area contributed by atoms with Crippen molar-refractivity contribution in [1.29, 1.82) is 0 Å². The average Bonchev–Trinajstić information content (AvgIpc) is 2.18. The van der Waals surface area contributed by atoms with Gasteiger partial charge in [-0.25, -0.2) is 4.98 Å². The maximum atomic E-state index is 11.3. The van der Waals surface area contributed by atoms with E-state index in [1.807, 2.05) is 19.1 Å². The fourth-order valence-corrected chi connectivity index (χ4v) is 1.20. The van der Waals surface area contributed by atoms with Gasteiger partial charge in [0.25, 0.3) is 0 Å². The number of nitrogens with zero attached hydrogens (tertiary/aromatic N) is 2. The molecule has 5 nitrogen and oxygen atoms in total. The topological polar surface area (TPSA) is 71.2 Å². The minimum atomic E-state index is -0.0239. The van der Waals surface area contributed by atoms with Crippen LogP contribution < -0.4 is 16.0 Å². The smallest absolute Gasteiger partial charge is 0.239 e. The van der Waals surface area contributed by atoms with Gasteiger partial charge in [0.05, 0.1) is 6.54 Å². The lowest BCUT2D eigenvalue weighted by molar-refractivity contribution is -0.119. The van der Waals surface area contributed by atoms with Crippen LogP contribution in [0.15, 0.2) is 18.2 Å². The lowest BCUT2D eigenvalue weighted by Gasteiger charge is -2.17. The van der Waals surface area contributed by atoms with E-state index in [2.05, 4.69) is 10.3 Å². The minimum Gasteiger partial charge on any atom is -0.384 e. The molecule has 1 amide bonds. The largest absolute Gasteiger partial charge is 0.384 e. The summed E-state index contributed by atoms with van der Waals surface area (Å²) in [6, 6.07) is 5.34. The number of carbonyl (C=O) groups excluding carboxylic acids is 1. The normalized spacial score (nSPS) is 9.73. The highest BCUT2D eigenvalue weighted by Gasteiger charge is 2.07. The summed E-state index contributed by atoms with van der Waals surface area (Å²) in [5.74, 6) is 1.13. The Bertz CT molecular complexity index is 340. The molecule has 1 heterocycles. The van der Waals surface area contributed by atoms with E-state index in [9.17, 15) is 4.79 Å². The van der Waals surface area contributed by atoms with Crippen molar-refractivity contribution in [2.24, 2.45) is 0 Å². The fourth-order valence-electron chi connectivity index (χ4n) is 1.20. The number of aromatic nitrogens is 1. The molecule has 1 aromatic heterocycles. The molecule has 15 heavy (non-hydrogen) atoms. The van der Waals surface area contributed by atoms with Crippen molar-refractivity contribution in [2.45, 2.75) is 6.92 Å². The summed E-state index contributed by atoms with van der Waals surface area (Å²) in [5, 5.41) is 2.72. The van der Waals surface area contributed by atoms with E-state index in [0.717, 1.165) is 0 Å². The zero-order valence-electron chi connectivity index (χ0n) is 9.03. The first-order valence-corrected chi connectivity index (χ1v) is 4.84. The molecule has 0 aliphatic heterocycles. The second kappa shape index (κ2) is 5.19. The molecule has 0 aromatic carbocycles. The second-order valence-corrected chi connectivity index (χ2v) is 3.23. The van der Waals surface area contributed by atoms with E-state index in [0.29, 0.717) is 18.2 Å². The summed E-state index contributed by atoms with van der Waals surface area (Å²) in [4.78, 5) is 17.2. The first-order chi connectivity index (χ1) is 7.13. The Morgan fingerprint density at radius 3 is 2.93 bits per heavy atom. The van der Waals surface area contributed by atoms with Crippen LogP contribution in [0.25, 0.3) is 0 Å². The van der Waals surface area contributed by atoms with Crippen LogP contribution in [0.3, 0.4) is 0 Å². The number of amides is 1. The first kappa shape index (κ1) is 11.3. The first-order valence-electron chi connectivity index (χ1n) is 4.84. The Labute approximate surface area is 89.3 Å². The van der Waals surface area contributed by atoms with Gasteiger partial charge in [-0.3, -0.25) is 4.79 Å². The van der Waals surface area contributed by atoms with E-state index in [4.69, 9.17) is 5.73 Å². The molecule has 0 spiro atoms. The standard InChI is InChI=1S/C10H16N4O/c1-3-12-10(15)7-14(2)9-6-4-5-8(11)13-9/h4-6H,3,7H2,1-2H3,(H2,11,13)(H,12,15). The Morgan fingerprint density at radius 2 is 2.33 bits per heavy atom. The number of anilines is 2. The third kappa shape index (κ3) is 3.46. The monoisotopic (exact) mass is 208 g/mol. The highest BCUT2D eigenvalue weighted by Crippen LogP contribution is 2.09. The van der Waals surface area contributed by atoms with Crippen molar-refractivity contribution < 1.29 is 4.79 Å². The highest BCUT2D eigenvalue weighted by molar-refractivity contribution is 5.80. The lowest BCUT2D eigenvalue weighted by Crippen LogP contribution is -2.35. The quantitative estimate of drug-likeness (QED) is 0.743. The third-order valence-electron chi connectivity index (χ3n) is 1.90. The van der Waals surface area contributed by atoms with Gasteiger partial charge in [0.1, 0.15) is 11.6 Å². The number of nitrogens with one attached hydrogen (secondary N) is 1. The van der Waals surface area contributed by atoms with Crippen molar-refractivity contribution in [2.75, 3.05) is 30.8 Å². The van der Waals surface area contributed by atoms with E-state index < -0.39 is 0 Å². The average molecular weight is 208 g/mol. The van der Waals surface area contributed by atoms with E-state index in [1.165, 1.54) is 0 Å². The molecule has 0 aliphatic rings. The third-order valence-corrected chi connectivity index (χ3v) is 1.90. The zero-order valence-corrected chi connectivity index (χ0v) is 9.03. The van der Waals surface area contributed by atoms with Crippen LogP contribution in [0.2, 0.25) is 0 Å². The van der Waals surface area contributed by atoms with Gasteiger partial charge in [0, 0.05) is 13.6 Å². The minimum absolute atomic E-state index is 0.0239. The number of hydrogen-bond donors (Lipinski definition) is 2. The van der Waals surface area contributed by atoms with Crippen molar-refractivity contribution in [3.8, 4) is 0 Å². The van der Waals surface area contributed by atoms with Crippen molar-refractivity contribution >= 4 is 17.5 Å². The molecular formula is C10H16N4O. The van der Waals surface area contributed by atoms with Crippen molar-refractivity contribution in [3.05, 3.63) is 18.2 Å². The van der Waals surface area contributed by atoms with Gasteiger partial charge in [0.2, 0.25) is 5.91 Å².